The van der Waals surface area contributed by atoms with Gasteiger partial charge in [0.1, 0.15) is 18.1 Å². The van der Waals surface area contributed by atoms with E-state index in [2.05, 4.69) is 170 Å². The first-order valence-electron chi connectivity index (χ1n) is 33.2. The molecule has 5 rings (SSSR count). The molecule has 2 aromatic rings. The van der Waals surface area contributed by atoms with Crippen LogP contribution >= 0.6 is 28.2 Å². The fourth-order valence-corrected chi connectivity index (χ4v) is 9.69. The number of carbonyl (C=O) groups is 6. The maximum absolute atomic E-state index is 12.7. The van der Waals surface area contributed by atoms with Gasteiger partial charge in [0, 0.05) is 155 Å². The number of nitrogens with zero attached hydrogens (tertiary/aromatic N) is 26. The van der Waals surface area contributed by atoms with E-state index < -0.39 is 0 Å². The number of hydrogen-bond acceptors (Lipinski definition) is 17. The van der Waals surface area contributed by atoms with Crippen LogP contribution in [0.5, 0.6) is 0 Å². The largest absolute Gasteiger partial charge is 0.330 e. The maximum Gasteiger partial charge on any atom is 0.0269 e. The maximum atomic E-state index is 12.7. The third kappa shape index (κ3) is 50.9. The molecular formula is C61H107Br2Cu2N29O6. The first-order valence-corrected chi connectivity index (χ1v) is 37.8. The number of likely N-dealkylation sites (N-methyl/N-ethyl adjacent to an activating group) is 2. The normalized spacial score (nSPS) is 13.9. The van der Waals surface area contributed by atoms with Crippen molar-refractivity contribution < 1.29 is 57.2 Å². The van der Waals surface area contributed by atoms with Crippen molar-refractivity contribution in [3.8, 4) is 24.7 Å². The summed E-state index contributed by atoms with van der Waals surface area (Å²) in [5.74, 6) is 4.54. The van der Waals surface area contributed by atoms with Gasteiger partial charge in [-0.15, -0.1) is 34.9 Å². The number of likely N-dealkylation sites (tertiary alicyclic amines) is 3. The van der Waals surface area contributed by atoms with Crippen LogP contribution in [-0.4, -0.2) is 214 Å². The van der Waals surface area contributed by atoms with Crippen molar-refractivity contribution in [1.29, 1.82) is 0 Å². The number of carbonyl (C=O) groups excluding carboxylic acids is 6. The molecule has 0 bridgehead atoms. The first kappa shape index (κ1) is 99.1. The van der Waals surface area contributed by atoms with E-state index in [1.165, 1.54) is 0 Å². The number of nitrogens with one attached hydrogen (secondary N) is 2. The van der Waals surface area contributed by atoms with Gasteiger partial charge in [0.25, 0.3) is 0 Å². The molecule has 0 spiro atoms. The minimum Gasteiger partial charge on any atom is -0.330 e. The molecule has 4 N–H and O–H groups in total. The molecule has 0 radical (unpaired) electrons. The van der Waals surface area contributed by atoms with Crippen molar-refractivity contribution >= 4 is 63.7 Å². The van der Waals surface area contributed by atoms with Gasteiger partial charge in [-0.3, -0.25) is 38.1 Å². The van der Waals surface area contributed by atoms with Gasteiger partial charge >= 0.3 is 56.6 Å². The quantitative estimate of drug-likeness (QED) is 0.0143. The van der Waals surface area contributed by atoms with Crippen LogP contribution in [0.3, 0.4) is 0 Å². The van der Waals surface area contributed by atoms with E-state index >= 15 is 0 Å². The van der Waals surface area contributed by atoms with Gasteiger partial charge < -0.3 is 40.9 Å². The predicted octanol–water partition coefficient (Wildman–Crippen LogP) is 10.7. The summed E-state index contributed by atoms with van der Waals surface area (Å²) in [6.45, 7) is 18.1. The van der Waals surface area contributed by atoms with Gasteiger partial charge in [-0.1, -0.05) is 49.3 Å². The van der Waals surface area contributed by atoms with Crippen LogP contribution in [0.1, 0.15) is 167 Å². The Morgan fingerprint density at radius 2 is 0.910 bits per heavy atom. The molecule has 0 aliphatic carbocycles. The Bertz CT molecular complexity index is 2850. The topological polar surface area (TPSA) is 474 Å². The molecule has 3 fully saturated rings. The summed E-state index contributed by atoms with van der Waals surface area (Å²) in [5, 5.41) is 38.8. The molecule has 3 aliphatic heterocycles. The van der Waals surface area contributed by atoms with E-state index in [1.807, 2.05) is 33.3 Å². The molecule has 2 aromatic heterocycles. The Hall–Kier alpha value is -7.31. The van der Waals surface area contributed by atoms with E-state index in [1.54, 1.807) is 61.8 Å². The number of rotatable bonds is 36. The number of amides is 6. The molecule has 3 atom stereocenters. The fourth-order valence-electron chi connectivity index (χ4n) is 9.69. The first-order chi connectivity index (χ1) is 48.4. The molecular weight excluding hydrogens is 1520 g/mol. The van der Waals surface area contributed by atoms with Crippen molar-refractivity contribution in [2.45, 2.75) is 201 Å². The third-order valence-corrected chi connectivity index (χ3v) is 14.4. The molecule has 568 valence electrons. The van der Waals surface area contributed by atoms with Gasteiger partial charge in [-0.05, 0) is 185 Å². The Kier molecular flexibility index (Phi) is 70.8. The molecule has 0 saturated carbocycles. The molecule has 3 saturated heterocycles. The number of halogens is 2. The zero-order chi connectivity index (χ0) is 76.0. The molecule has 35 nitrogen and oxygen atoms in total. The van der Waals surface area contributed by atoms with Gasteiger partial charge in [0.2, 0.25) is 35.4 Å². The molecule has 39 heteroatoms. The zero-order valence-corrected chi connectivity index (χ0v) is 64.6. The number of unbranched alkanes of at least 4 members (excludes halogenated alkanes) is 4. The van der Waals surface area contributed by atoms with Crippen molar-refractivity contribution in [3.05, 3.63) is 76.0 Å². The van der Waals surface area contributed by atoms with Crippen molar-refractivity contribution in [1.82, 2.24) is 65.1 Å². The minimum atomic E-state index is -0.390. The van der Waals surface area contributed by atoms with Crippen LogP contribution in [-0.2, 0) is 70.3 Å². The summed E-state index contributed by atoms with van der Waals surface area (Å²) in [7, 11) is 5.31. The number of terminal acetylenes is 2. The van der Waals surface area contributed by atoms with Crippen LogP contribution in [0, 0.1) is 38.5 Å². The second-order valence-corrected chi connectivity index (χ2v) is 22.2. The number of hydrogen-bond donors (Lipinski definition) is 3. The van der Waals surface area contributed by atoms with E-state index in [4.69, 9.17) is 33.4 Å². The van der Waals surface area contributed by atoms with Crippen molar-refractivity contribution in [3.63, 3.8) is 0 Å². The van der Waals surface area contributed by atoms with Crippen molar-refractivity contribution in [2.24, 2.45) is 31.3 Å². The van der Waals surface area contributed by atoms with Gasteiger partial charge in [-0.2, -0.15) is 0 Å². The Morgan fingerprint density at radius 1 is 0.570 bits per heavy atom. The molecule has 0 aromatic carbocycles. The Balaban J connectivity index is -0.000000591. The number of aryl methyl sites for hydroxylation is 4. The van der Waals surface area contributed by atoms with Gasteiger partial charge in [-0.25, -0.2) is 0 Å². The Labute approximate surface area is 621 Å². The smallest absolute Gasteiger partial charge is 0.0269 e. The van der Waals surface area contributed by atoms with Crippen LogP contribution in [0.25, 0.3) is 52.2 Å². The van der Waals surface area contributed by atoms with Crippen LogP contribution in [0.2, 0.25) is 0 Å². The van der Waals surface area contributed by atoms with Crippen molar-refractivity contribution in [2.75, 3.05) is 106 Å². The number of nitrogens with two attached hydrogens (primary N) is 1. The van der Waals surface area contributed by atoms with E-state index in [-0.39, 0.29) is 53.6 Å². The Morgan fingerprint density at radius 3 is 1.25 bits per heavy atom. The van der Waals surface area contributed by atoms with Gasteiger partial charge in [0.05, 0.1) is 11.4 Å². The summed E-state index contributed by atoms with van der Waals surface area (Å²) in [6.07, 6.45) is 28.6. The molecule has 5 heterocycles. The number of aromatic nitrogens is 6. The molecule has 3 aliphatic rings. The SMILES string of the molecule is C#CC.C#CC.CCCCNC(=O)C1CCCN1C(=O)CCCCn1cc(C)nn1.CN(CCCN=[N+]=[N-])C(=O)C1CCCN1C(=O)CCCCN=[N+]=[N-].CNCCCN=[N+]=[N-].Cc1cn(CCCCC(=O)N2CCCC2C(=O)N(C)CCCN=[N+]=[N-])nn1.[Cu][Br].[Cu][Br].[N-]=[N+]=NCCCN. The summed E-state index contributed by atoms with van der Waals surface area (Å²) in [6, 6.07) is -1.02. The van der Waals surface area contributed by atoms with E-state index in [9.17, 15) is 28.8 Å². The van der Waals surface area contributed by atoms with Gasteiger partial charge in [0.15, 0.2) is 0 Å². The standard InChI is InChI=1S/C17H28N8O2.C17H29N5O2.C14H24N8O2.C4H10N4.C3H8N4.2C3H4.2BrH.2Cu/c1-14-13-24(22-20-14)11-4-3-8-16(26)25-12-5-7-15(25)17(27)23(2)10-6-9-19-21-18;1-3-4-10-18-17(24)15-8-7-12-22(15)16(23)9-5-6-11-21-13-14(2)19-20-21;1-21(10-5-9-18-20-16)14(24)12-6-4-11-22(12)13(23)7-2-3-8-17-19-15;1-6-3-2-4-7-8-5;4-2-1-3-6-7-5;2*1-3-2;;;;/h13,15H,3-12H2,1-2H3;13,15H,3-12H2,1-2H3,(H,18,24);12H,2-11H2,1H3;6H,2-4H2,1H3;1-4H2;2*1H,2H3;2*1H;;/q;;;;;;;;;2*+1/p-2. The fraction of sp³-hybridized carbons (Fsp3) is 0.770. The van der Waals surface area contributed by atoms with Crippen LogP contribution < -0.4 is 16.4 Å². The summed E-state index contributed by atoms with van der Waals surface area (Å²) < 4.78 is 3.59. The predicted molar refractivity (Wildman–Crippen MR) is 387 cm³/mol. The zero-order valence-electron chi connectivity index (χ0n) is 59.5. The second kappa shape index (κ2) is 71.5. The van der Waals surface area contributed by atoms with E-state index in [0.717, 1.165) is 108 Å². The van der Waals surface area contributed by atoms with Crippen LogP contribution in [0.4, 0.5) is 0 Å². The summed E-state index contributed by atoms with van der Waals surface area (Å²) in [4.78, 5) is 96.3. The second-order valence-electron chi connectivity index (χ2n) is 22.2. The minimum absolute atomic E-state index is 0.00684. The third-order valence-electron chi connectivity index (χ3n) is 14.4. The number of azide groups is 5. The summed E-state index contributed by atoms with van der Waals surface area (Å²) in [5.41, 5.74) is 47.1. The monoisotopic (exact) mass is 1630 g/mol. The molecule has 3 unspecified atom stereocenters. The molecule has 6 amide bonds. The average molecular weight is 1630 g/mol. The van der Waals surface area contributed by atoms with E-state index in [0.29, 0.717) is 136 Å². The molecule has 100 heavy (non-hydrogen) atoms. The summed E-state index contributed by atoms with van der Waals surface area (Å²) >= 11 is 13.0. The van der Waals surface area contributed by atoms with Crippen LogP contribution in [0.15, 0.2) is 38.0 Å². The average Bonchev–Trinajstić information content (AvgIpc) is 1.72.